The summed E-state index contributed by atoms with van der Waals surface area (Å²) >= 11 is 0. The molecule has 5 heteroatoms. The maximum Gasteiger partial charge on any atom is 0.410 e. The Kier molecular flexibility index (Phi) is 4.74. The number of Topliss-reactive ketones (excluding diaryl/α,β-unsaturated/α-hetero) is 1. The van der Waals surface area contributed by atoms with Gasteiger partial charge in [0.1, 0.15) is 17.1 Å². The third-order valence-electron chi connectivity index (χ3n) is 3.56. The first-order chi connectivity index (χ1) is 10.3. The van der Waals surface area contributed by atoms with Gasteiger partial charge in [0.05, 0.1) is 13.2 Å². The summed E-state index contributed by atoms with van der Waals surface area (Å²) < 4.78 is 10.6. The zero-order chi connectivity index (χ0) is 16.3. The highest BCUT2D eigenvalue weighted by Gasteiger charge is 2.34. The number of amides is 1. The van der Waals surface area contributed by atoms with E-state index in [1.54, 1.807) is 12.0 Å². The summed E-state index contributed by atoms with van der Waals surface area (Å²) in [5.41, 5.74) is 0.364. The predicted octanol–water partition coefficient (Wildman–Crippen LogP) is 3.34. The highest BCUT2D eigenvalue weighted by atomic mass is 16.6. The third kappa shape index (κ3) is 4.00. The first kappa shape index (κ1) is 16.3. The Bertz CT molecular complexity index is 545. The minimum atomic E-state index is -0.553. The van der Waals surface area contributed by atoms with Gasteiger partial charge in [-0.25, -0.2) is 4.79 Å². The number of hydrogen-bond acceptors (Lipinski definition) is 4. The lowest BCUT2D eigenvalue weighted by molar-refractivity contribution is -0.123. The second kappa shape index (κ2) is 6.38. The number of ether oxygens (including phenoxy) is 2. The van der Waals surface area contributed by atoms with Gasteiger partial charge >= 0.3 is 6.09 Å². The van der Waals surface area contributed by atoms with Crippen molar-refractivity contribution in [1.82, 2.24) is 4.90 Å². The molecule has 1 aromatic carbocycles. The van der Waals surface area contributed by atoms with Crippen LogP contribution in [-0.4, -0.2) is 36.0 Å². The van der Waals surface area contributed by atoms with Gasteiger partial charge in [0.25, 0.3) is 0 Å². The lowest BCUT2D eigenvalue weighted by Gasteiger charge is -2.36. The fraction of sp³-hybridized carbons (Fsp3) is 0.529. The van der Waals surface area contributed by atoms with Crippen molar-refractivity contribution in [2.24, 2.45) is 0 Å². The van der Waals surface area contributed by atoms with E-state index < -0.39 is 5.60 Å². The molecule has 0 spiro atoms. The molecule has 0 aliphatic carbocycles. The van der Waals surface area contributed by atoms with Crippen molar-refractivity contribution in [2.75, 3.05) is 13.7 Å². The fourth-order valence-electron chi connectivity index (χ4n) is 2.49. The Morgan fingerprint density at radius 2 is 1.86 bits per heavy atom. The Morgan fingerprint density at radius 1 is 1.23 bits per heavy atom. The van der Waals surface area contributed by atoms with E-state index in [2.05, 4.69) is 0 Å². The van der Waals surface area contributed by atoms with Crippen LogP contribution in [0.25, 0.3) is 0 Å². The van der Waals surface area contributed by atoms with Gasteiger partial charge < -0.3 is 14.4 Å². The van der Waals surface area contributed by atoms with E-state index in [1.165, 1.54) is 0 Å². The quantitative estimate of drug-likeness (QED) is 0.841. The summed E-state index contributed by atoms with van der Waals surface area (Å²) in [4.78, 5) is 25.9. The van der Waals surface area contributed by atoms with Crippen molar-refractivity contribution in [3.05, 3.63) is 29.8 Å². The van der Waals surface area contributed by atoms with Crippen LogP contribution in [0.15, 0.2) is 24.3 Å². The second-order valence-electron chi connectivity index (χ2n) is 6.46. The van der Waals surface area contributed by atoms with E-state index in [4.69, 9.17) is 9.47 Å². The van der Waals surface area contributed by atoms with E-state index in [9.17, 15) is 9.59 Å². The number of piperidine rings is 1. The number of benzene rings is 1. The third-order valence-corrected chi connectivity index (χ3v) is 3.56. The molecule has 0 saturated carbocycles. The van der Waals surface area contributed by atoms with Gasteiger partial charge in [0.2, 0.25) is 0 Å². The van der Waals surface area contributed by atoms with Crippen molar-refractivity contribution in [1.29, 1.82) is 0 Å². The molecule has 0 radical (unpaired) electrons. The van der Waals surface area contributed by atoms with Crippen molar-refractivity contribution < 1.29 is 19.1 Å². The molecule has 22 heavy (non-hydrogen) atoms. The van der Waals surface area contributed by atoms with Gasteiger partial charge in [0, 0.05) is 19.4 Å². The lowest BCUT2D eigenvalue weighted by Crippen LogP contribution is -2.43. The summed E-state index contributed by atoms with van der Waals surface area (Å²) in [6.07, 6.45) is 0.332. The SMILES string of the molecule is COc1ccc([C@@H]2CC(=O)CCN2C(=O)OC(C)(C)C)cc1. The minimum Gasteiger partial charge on any atom is -0.497 e. The largest absolute Gasteiger partial charge is 0.497 e. The Hall–Kier alpha value is -2.04. The second-order valence-corrected chi connectivity index (χ2v) is 6.46. The molecule has 1 saturated heterocycles. The van der Waals surface area contributed by atoms with Crippen molar-refractivity contribution in [2.45, 2.75) is 45.3 Å². The molecule has 1 amide bonds. The lowest BCUT2D eigenvalue weighted by atomic mass is 9.94. The van der Waals surface area contributed by atoms with E-state index >= 15 is 0 Å². The summed E-state index contributed by atoms with van der Waals surface area (Å²) in [5, 5.41) is 0. The number of nitrogens with zero attached hydrogens (tertiary/aromatic N) is 1. The topological polar surface area (TPSA) is 55.8 Å². The first-order valence-corrected chi connectivity index (χ1v) is 7.45. The van der Waals surface area contributed by atoms with Crippen molar-refractivity contribution >= 4 is 11.9 Å². The van der Waals surface area contributed by atoms with Gasteiger partial charge in [0.15, 0.2) is 0 Å². The number of rotatable bonds is 2. The van der Waals surface area contributed by atoms with E-state index in [-0.39, 0.29) is 17.9 Å². The monoisotopic (exact) mass is 305 g/mol. The van der Waals surface area contributed by atoms with Crippen LogP contribution < -0.4 is 4.74 Å². The highest BCUT2D eigenvalue weighted by Crippen LogP contribution is 2.31. The molecule has 1 aromatic rings. The molecule has 120 valence electrons. The highest BCUT2D eigenvalue weighted by molar-refractivity contribution is 5.82. The molecule has 2 rings (SSSR count). The van der Waals surface area contributed by atoms with Crippen LogP contribution in [0.2, 0.25) is 0 Å². The summed E-state index contributed by atoms with van der Waals surface area (Å²) in [6, 6.07) is 7.17. The van der Waals surface area contributed by atoms with Crippen LogP contribution in [0, 0.1) is 0 Å². The van der Waals surface area contributed by atoms with E-state index in [1.807, 2.05) is 45.0 Å². The smallest absolute Gasteiger partial charge is 0.410 e. The Balaban J connectivity index is 2.22. The number of ketones is 1. The molecular formula is C17H23NO4. The zero-order valence-electron chi connectivity index (χ0n) is 13.6. The average molecular weight is 305 g/mol. The Morgan fingerprint density at radius 3 is 2.41 bits per heavy atom. The molecule has 0 N–H and O–H groups in total. The number of likely N-dealkylation sites (tertiary alicyclic amines) is 1. The van der Waals surface area contributed by atoms with Crippen LogP contribution in [0.4, 0.5) is 4.79 Å². The predicted molar refractivity (Wildman–Crippen MR) is 82.9 cm³/mol. The Labute approximate surface area is 131 Å². The normalized spacial score (nSPS) is 19.0. The number of carbonyl (C=O) groups excluding carboxylic acids is 2. The van der Waals surface area contributed by atoms with Gasteiger partial charge in [-0.1, -0.05) is 12.1 Å². The van der Waals surface area contributed by atoms with Gasteiger partial charge in [-0.3, -0.25) is 4.79 Å². The average Bonchev–Trinajstić information content (AvgIpc) is 2.45. The molecular weight excluding hydrogens is 282 g/mol. The van der Waals surface area contributed by atoms with Gasteiger partial charge in [-0.15, -0.1) is 0 Å². The summed E-state index contributed by atoms with van der Waals surface area (Å²) in [6.45, 7) is 5.90. The summed E-state index contributed by atoms with van der Waals surface area (Å²) in [5.74, 6) is 0.912. The van der Waals surface area contributed by atoms with E-state index in [0.29, 0.717) is 19.4 Å². The molecule has 5 nitrogen and oxygen atoms in total. The van der Waals surface area contributed by atoms with E-state index in [0.717, 1.165) is 11.3 Å². The standard InChI is InChI=1S/C17H23NO4/c1-17(2,3)22-16(20)18-10-9-13(19)11-15(18)12-5-7-14(21-4)8-6-12/h5-8,15H,9-11H2,1-4H3/t15-/m0/s1. The fourth-order valence-corrected chi connectivity index (χ4v) is 2.49. The molecule has 1 atom stereocenters. The van der Waals surface area contributed by atoms with Crippen molar-refractivity contribution in [3.63, 3.8) is 0 Å². The van der Waals surface area contributed by atoms with Gasteiger partial charge in [-0.2, -0.15) is 0 Å². The first-order valence-electron chi connectivity index (χ1n) is 7.45. The van der Waals surface area contributed by atoms with Crippen LogP contribution in [0.5, 0.6) is 5.75 Å². The molecule has 1 aliphatic rings. The molecule has 0 aromatic heterocycles. The molecule has 0 unspecified atom stereocenters. The zero-order valence-corrected chi connectivity index (χ0v) is 13.6. The maximum absolute atomic E-state index is 12.4. The van der Waals surface area contributed by atoms with Crippen LogP contribution in [0.3, 0.4) is 0 Å². The van der Waals surface area contributed by atoms with Crippen LogP contribution in [-0.2, 0) is 9.53 Å². The van der Waals surface area contributed by atoms with Gasteiger partial charge in [-0.05, 0) is 38.5 Å². The number of methoxy groups -OCH3 is 1. The van der Waals surface area contributed by atoms with Crippen LogP contribution >= 0.6 is 0 Å². The summed E-state index contributed by atoms with van der Waals surface area (Å²) in [7, 11) is 1.60. The van der Waals surface area contributed by atoms with Crippen molar-refractivity contribution in [3.8, 4) is 5.75 Å². The number of carbonyl (C=O) groups is 2. The molecule has 1 heterocycles. The minimum absolute atomic E-state index is 0.167. The number of hydrogen-bond donors (Lipinski definition) is 0. The molecule has 1 aliphatic heterocycles. The maximum atomic E-state index is 12.4. The molecule has 1 fully saturated rings. The van der Waals surface area contributed by atoms with Crippen LogP contribution in [0.1, 0.15) is 45.2 Å². The molecule has 0 bridgehead atoms.